The van der Waals surface area contributed by atoms with E-state index in [0.29, 0.717) is 18.4 Å². The van der Waals surface area contributed by atoms with E-state index < -0.39 is 0 Å². The molecular weight excluding hydrogens is 351 g/mol. The number of hydrogen-bond acceptors (Lipinski definition) is 4. The number of rotatable bonds is 6. The second-order valence-electron chi connectivity index (χ2n) is 3.80. The molecule has 1 rings (SSSR count). The Morgan fingerprint density at radius 3 is 2.43 bits per heavy atom. The van der Waals surface area contributed by atoms with Gasteiger partial charge >= 0.3 is 0 Å². The van der Waals surface area contributed by atoms with Crippen LogP contribution in [0.25, 0.3) is 0 Å². The van der Waals surface area contributed by atoms with Crippen LogP contribution in [0.15, 0.2) is 29.3 Å². The Labute approximate surface area is 150 Å². The molecule has 4 N–H and O–H groups in total. The first-order valence-corrected chi connectivity index (χ1v) is 7.16. The van der Waals surface area contributed by atoms with Crippen molar-refractivity contribution >= 4 is 59.8 Å². The number of hydrogen-bond donors (Lipinski definition) is 2. The molecule has 0 fully saturated rings. The number of aliphatic imine (C=N–C) groups is 1. The van der Waals surface area contributed by atoms with Crippen LogP contribution in [0.5, 0.6) is 0 Å². The summed E-state index contributed by atoms with van der Waals surface area (Å²) in [5.41, 5.74) is 13.7. The van der Waals surface area contributed by atoms with Crippen LogP contribution in [0.3, 0.4) is 0 Å². The Bertz CT molecular complexity index is 405. The lowest BCUT2D eigenvalue weighted by Crippen LogP contribution is -2.24. The summed E-state index contributed by atoms with van der Waals surface area (Å²) >= 11 is 1.57. The van der Waals surface area contributed by atoms with Gasteiger partial charge in [0.1, 0.15) is 6.67 Å². The largest absolute Gasteiger partial charge is 0.378 e. The van der Waals surface area contributed by atoms with Gasteiger partial charge in [-0.2, -0.15) is 0 Å². The molecule has 0 aliphatic heterocycles. The molecule has 0 bridgehead atoms. The maximum atomic E-state index is 5.79. The summed E-state index contributed by atoms with van der Waals surface area (Å²) in [6, 6.07) is 8.22. The van der Waals surface area contributed by atoms with Gasteiger partial charge in [0.25, 0.3) is 0 Å². The topological polar surface area (TPSA) is 67.6 Å². The SMILES string of the molecule is CCS/C(N)=N/CN(CC)c1cccc(CN)c1.Cl.Cl.Cl. The van der Waals surface area contributed by atoms with Gasteiger partial charge in [-0.1, -0.05) is 30.8 Å². The first kappa shape index (κ1) is 25.6. The molecule has 0 saturated heterocycles. The normalized spacial score (nSPS) is 9.95. The van der Waals surface area contributed by atoms with Crippen molar-refractivity contribution in [3.05, 3.63) is 29.8 Å². The highest BCUT2D eigenvalue weighted by molar-refractivity contribution is 8.13. The minimum atomic E-state index is 0. The summed E-state index contributed by atoms with van der Waals surface area (Å²) in [4.78, 5) is 6.54. The molecule has 1 aromatic rings. The van der Waals surface area contributed by atoms with Crippen LogP contribution in [0.4, 0.5) is 5.69 Å². The van der Waals surface area contributed by atoms with E-state index in [0.717, 1.165) is 23.5 Å². The molecule has 124 valence electrons. The highest BCUT2D eigenvalue weighted by Crippen LogP contribution is 2.16. The zero-order valence-corrected chi connectivity index (χ0v) is 15.6. The zero-order chi connectivity index (χ0) is 13.4. The highest BCUT2D eigenvalue weighted by atomic mass is 35.5. The smallest absolute Gasteiger partial charge is 0.155 e. The van der Waals surface area contributed by atoms with Crippen molar-refractivity contribution in [1.82, 2.24) is 0 Å². The van der Waals surface area contributed by atoms with Gasteiger partial charge in [0.2, 0.25) is 0 Å². The summed E-state index contributed by atoms with van der Waals surface area (Å²) in [5, 5.41) is 0.644. The van der Waals surface area contributed by atoms with Gasteiger partial charge in [0.05, 0.1) is 0 Å². The number of nitrogens with zero attached hydrogens (tertiary/aromatic N) is 2. The van der Waals surface area contributed by atoms with E-state index in [9.17, 15) is 0 Å². The first-order chi connectivity index (χ1) is 8.71. The van der Waals surface area contributed by atoms with Crippen molar-refractivity contribution in [3.63, 3.8) is 0 Å². The Kier molecular flexibility index (Phi) is 17.8. The molecule has 0 unspecified atom stereocenters. The summed E-state index contributed by atoms with van der Waals surface area (Å²) in [6.07, 6.45) is 0. The van der Waals surface area contributed by atoms with E-state index >= 15 is 0 Å². The molecule has 0 aromatic heterocycles. The molecule has 0 atom stereocenters. The molecule has 4 nitrogen and oxygen atoms in total. The highest BCUT2D eigenvalue weighted by Gasteiger charge is 2.04. The Morgan fingerprint density at radius 1 is 1.24 bits per heavy atom. The lowest BCUT2D eigenvalue weighted by molar-refractivity contribution is 0.843. The number of amidine groups is 1. The predicted molar refractivity (Wildman–Crippen MR) is 104 cm³/mol. The average molecular weight is 376 g/mol. The molecule has 0 aliphatic rings. The van der Waals surface area contributed by atoms with E-state index in [4.69, 9.17) is 11.5 Å². The van der Waals surface area contributed by atoms with Gasteiger partial charge in [-0.15, -0.1) is 37.2 Å². The Morgan fingerprint density at radius 2 is 1.90 bits per heavy atom. The minimum absolute atomic E-state index is 0. The fraction of sp³-hybridized carbons (Fsp3) is 0.462. The van der Waals surface area contributed by atoms with Crippen molar-refractivity contribution in [3.8, 4) is 0 Å². The fourth-order valence-electron chi connectivity index (χ4n) is 1.59. The summed E-state index contributed by atoms with van der Waals surface area (Å²) in [7, 11) is 0. The van der Waals surface area contributed by atoms with Crippen LogP contribution < -0.4 is 16.4 Å². The molecule has 8 heteroatoms. The number of halogens is 3. The molecule has 0 radical (unpaired) electrons. The van der Waals surface area contributed by atoms with Crippen LogP contribution in [-0.2, 0) is 6.54 Å². The molecule has 21 heavy (non-hydrogen) atoms. The standard InChI is InChI=1S/C13H22N4S.3ClH/c1-3-17(10-16-13(15)18-4-2)12-7-5-6-11(8-12)9-14;;;/h5-8H,3-4,9-10,14H2,1-2H3,(H2,15,16);3*1H. The molecule has 0 heterocycles. The van der Waals surface area contributed by atoms with Crippen molar-refractivity contribution in [2.75, 3.05) is 23.9 Å². The van der Waals surface area contributed by atoms with Crippen molar-refractivity contribution in [2.24, 2.45) is 16.5 Å². The third-order valence-corrected chi connectivity index (χ3v) is 3.30. The van der Waals surface area contributed by atoms with Gasteiger partial charge in [0.15, 0.2) is 5.17 Å². The zero-order valence-electron chi connectivity index (χ0n) is 12.3. The fourth-order valence-corrected chi connectivity index (χ4v) is 2.04. The maximum Gasteiger partial charge on any atom is 0.155 e. The third-order valence-electron chi connectivity index (χ3n) is 2.58. The predicted octanol–water partition coefficient (Wildman–Crippen LogP) is 3.26. The summed E-state index contributed by atoms with van der Waals surface area (Å²) < 4.78 is 0. The van der Waals surface area contributed by atoms with E-state index in [1.807, 2.05) is 12.1 Å². The number of benzene rings is 1. The second kappa shape index (κ2) is 14.6. The van der Waals surface area contributed by atoms with Crippen molar-refractivity contribution < 1.29 is 0 Å². The van der Waals surface area contributed by atoms with E-state index in [1.165, 1.54) is 0 Å². The van der Waals surface area contributed by atoms with Gasteiger partial charge in [-0.05, 0) is 30.4 Å². The minimum Gasteiger partial charge on any atom is -0.378 e. The van der Waals surface area contributed by atoms with Crippen LogP contribution in [0, 0.1) is 0 Å². The molecule has 1 aromatic carbocycles. The van der Waals surface area contributed by atoms with E-state index in [2.05, 4.69) is 35.9 Å². The maximum absolute atomic E-state index is 5.79. The average Bonchev–Trinajstić information content (AvgIpc) is 2.40. The van der Waals surface area contributed by atoms with Gasteiger partial charge in [0, 0.05) is 18.8 Å². The number of thioether (sulfide) groups is 1. The van der Waals surface area contributed by atoms with Crippen LogP contribution in [0.1, 0.15) is 19.4 Å². The summed E-state index contributed by atoms with van der Waals surface area (Å²) in [5.74, 6) is 0.949. The quantitative estimate of drug-likeness (QED) is 0.591. The van der Waals surface area contributed by atoms with Crippen LogP contribution >= 0.6 is 49.0 Å². The molecule has 0 amide bonds. The Hall–Kier alpha value is -0.330. The lowest BCUT2D eigenvalue weighted by Gasteiger charge is -2.21. The summed E-state index contributed by atoms with van der Waals surface area (Å²) in [6.45, 7) is 6.20. The van der Waals surface area contributed by atoms with Gasteiger partial charge in [-0.25, -0.2) is 4.99 Å². The van der Waals surface area contributed by atoms with Gasteiger partial charge < -0.3 is 16.4 Å². The molecule has 0 saturated carbocycles. The molecular formula is C13H25Cl3N4S. The van der Waals surface area contributed by atoms with Crippen LogP contribution in [-0.4, -0.2) is 24.1 Å². The van der Waals surface area contributed by atoms with Crippen molar-refractivity contribution in [1.29, 1.82) is 0 Å². The third kappa shape index (κ3) is 9.32. The molecule has 0 spiro atoms. The number of anilines is 1. The van der Waals surface area contributed by atoms with E-state index in [-0.39, 0.29) is 37.2 Å². The lowest BCUT2D eigenvalue weighted by atomic mass is 10.2. The van der Waals surface area contributed by atoms with Gasteiger partial charge in [-0.3, -0.25) is 0 Å². The second-order valence-corrected chi connectivity index (χ2v) is 5.09. The number of nitrogens with two attached hydrogens (primary N) is 2. The van der Waals surface area contributed by atoms with Crippen LogP contribution in [0.2, 0.25) is 0 Å². The first-order valence-electron chi connectivity index (χ1n) is 6.17. The monoisotopic (exact) mass is 374 g/mol. The molecule has 0 aliphatic carbocycles. The van der Waals surface area contributed by atoms with Crippen molar-refractivity contribution in [2.45, 2.75) is 20.4 Å². The Balaban J connectivity index is -0.00000108. The van der Waals surface area contributed by atoms with E-state index in [1.54, 1.807) is 11.8 Å².